The molecule has 0 aliphatic rings. The van der Waals surface area contributed by atoms with Crippen LogP contribution < -0.4 is 11.3 Å². The molecular weight excluding hydrogens is 375 g/mol. The van der Waals surface area contributed by atoms with Crippen molar-refractivity contribution in [2.45, 2.75) is 12.5 Å². The third-order valence-corrected chi connectivity index (χ3v) is 4.13. The van der Waals surface area contributed by atoms with Crippen molar-refractivity contribution in [3.63, 3.8) is 0 Å². The van der Waals surface area contributed by atoms with E-state index in [1.165, 1.54) is 6.07 Å². The lowest BCUT2D eigenvalue weighted by molar-refractivity contribution is 0.527. The van der Waals surface area contributed by atoms with Gasteiger partial charge in [-0.3, -0.25) is 11.3 Å². The summed E-state index contributed by atoms with van der Waals surface area (Å²) in [7, 11) is 0. The Bertz CT molecular complexity index is 575. The van der Waals surface area contributed by atoms with E-state index in [2.05, 4.69) is 37.3 Å². The van der Waals surface area contributed by atoms with Crippen LogP contribution in [0.1, 0.15) is 17.2 Å². The minimum atomic E-state index is -0.214. The van der Waals surface area contributed by atoms with Crippen LogP contribution >= 0.6 is 31.9 Å². The van der Waals surface area contributed by atoms with Gasteiger partial charge in [0.15, 0.2) is 0 Å². The maximum Gasteiger partial charge on any atom is 0.126 e. The van der Waals surface area contributed by atoms with E-state index in [4.69, 9.17) is 5.84 Å². The van der Waals surface area contributed by atoms with Gasteiger partial charge in [0, 0.05) is 8.95 Å². The van der Waals surface area contributed by atoms with E-state index in [0.717, 1.165) is 14.5 Å². The molecule has 0 aliphatic heterocycles. The van der Waals surface area contributed by atoms with E-state index in [9.17, 15) is 4.39 Å². The molecule has 0 amide bonds. The SMILES string of the molecule is NNC(Cc1ccccc1F)c1cc(Br)ccc1Br. The molecule has 1 unspecified atom stereocenters. The topological polar surface area (TPSA) is 38.0 Å². The smallest absolute Gasteiger partial charge is 0.126 e. The van der Waals surface area contributed by atoms with Crippen LogP contribution in [0.4, 0.5) is 4.39 Å². The molecule has 0 saturated heterocycles. The molecule has 0 fully saturated rings. The Morgan fingerprint density at radius 2 is 1.89 bits per heavy atom. The predicted octanol–water partition coefficient (Wildman–Crippen LogP) is 4.10. The monoisotopic (exact) mass is 386 g/mol. The predicted molar refractivity (Wildman–Crippen MR) is 82.0 cm³/mol. The lowest BCUT2D eigenvalue weighted by Crippen LogP contribution is -2.30. The molecule has 0 saturated carbocycles. The highest BCUT2D eigenvalue weighted by Gasteiger charge is 2.16. The van der Waals surface area contributed by atoms with Crippen molar-refractivity contribution in [3.8, 4) is 0 Å². The minimum absolute atomic E-state index is 0.163. The summed E-state index contributed by atoms with van der Waals surface area (Å²) in [6.45, 7) is 0. The molecular formula is C14H13Br2FN2. The number of rotatable bonds is 4. The van der Waals surface area contributed by atoms with Gasteiger partial charge >= 0.3 is 0 Å². The fourth-order valence-corrected chi connectivity index (χ4v) is 2.83. The van der Waals surface area contributed by atoms with Crippen molar-refractivity contribution in [1.82, 2.24) is 5.43 Å². The Morgan fingerprint density at radius 3 is 2.58 bits per heavy atom. The second-order valence-electron chi connectivity index (χ2n) is 4.18. The zero-order valence-electron chi connectivity index (χ0n) is 10.0. The third kappa shape index (κ3) is 3.63. The molecule has 2 aromatic rings. The Morgan fingerprint density at radius 1 is 1.16 bits per heavy atom. The van der Waals surface area contributed by atoms with Crippen LogP contribution in [0.5, 0.6) is 0 Å². The van der Waals surface area contributed by atoms with Crippen molar-refractivity contribution in [2.24, 2.45) is 5.84 Å². The Balaban J connectivity index is 2.30. The van der Waals surface area contributed by atoms with Gasteiger partial charge < -0.3 is 0 Å². The number of hydrogen-bond acceptors (Lipinski definition) is 2. The van der Waals surface area contributed by atoms with Gasteiger partial charge in [-0.25, -0.2) is 4.39 Å². The van der Waals surface area contributed by atoms with Crippen molar-refractivity contribution in [1.29, 1.82) is 0 Å². The first-order valence-corrected chi connectivity index (χ1v) is 7.35. The first-order valence-electron chi connectivity index (χ1n) is 5.76. The first-order chi connectivity index (χ1) is 9.11. The Hall–Kier alpha value is -0.750. The van der Waals surface area contributed by atoms with E-state index < -0.39 is 0 Å². The van der Waals surface area contributed by atoms with E-state index in [1.807, 2.05) is 24.3 Å². The average molecular weight is 388 g/mol. The van der Waals surface area contributed by atoms with E-state index in [0.29, 0.717) is 12.0 Å². The Labute approximate surface area is 128 Å². The zero-order chi connectivity index (χ0) is 13.8. The zero-order valence-corrected chi connectivity index (χ0v) is 13.2. The number of halogens is 3. The molecule has 5 heteroatoms. The van der Waals surface area contributed by atoms with E-state index in [1.54, 1.807) is 12.1 Å². The summed E-state index contributed by atoms with van der Waals surface area (Å²) in [6, 6.07) is 12.4. The molecule has 2 rings (SSSR count). The molecule has 0 aromatic heterocycles. The van der Waals surface area contributed by atoms with Crippen molar-refractivity contribution in [3.05, 3.63) is 68.4 Å². The largest absolute Gasteiger partial charge is 0.271 e. The third-order valence-electron chi connectivity index (χ3n) is 2.92. The molecule has 0 radical (unpaired) electrons. The van der Waals surface area contributed by atoms with E-state index in [-0.39, 0.29) is 11.9 Å². The number of nitrogens with two attached hydrogens (primary N) is 1. The highest BCUT2D eigenvalue weighted by atomic mass is 79.9. The minimum Gasteiger partial charge on any atom is -0.271 e. The standard InChI is InChI=1S/C14H13Br2FN2/c15-10-5-6-12(16)11(8-10)14(19-18)7-9-3-1-2-4-13(9)17/h1-6,8,14,19H,7,18H2. The summed E-state index contributed by atoms with van der Waals surface area (Å²) in [4.78, 5) is 0. The highest BCUT2D eigenvalue weighted by Crippen LogP contribution is 2.29. The van der Waals surface area contributed by atoms with Crippen molar-refractivity contribution >= 4 is 31.9 Å². The maximum absolute atomic E-state index is 13.7. The molecule has 3 N–H and O–H groups in total. The number of benzene rings is 2. The lowest BCUT2D eigenvalue weighted by atomic mass is 9.99. The van der Waals surface area contributed by atoms with Gasteiger partial charge in [0.25, 0.3) is 0 Å². The van der Waals surface area contributed by atoms with Crippen LogP contribution in [0.25, 0.3) is 0 Å². The summed E-state index contributed by atoms with van der Waals surface area (Å²) in [5.74, 6) is 5.40. The summed E-state index contributed by atoms with van der Waals surface area (Å²) >= 11 is 6.92. The van der Waals surface area contributed by atoms with Gasteiger partial charge in [-0.1, -0.05) is 50.1 Å². The van der Waals surface area contributed by atoms with Crippen LogP contribution in [0.2, 0.25) is 0 Å². The normalized spacial score (nSPS) is 12.4. The van der Waals surface area contributed by atoms with Crippen molar-refractivity contribution < 1.29 is 4.39 Å². The second-order valence-corrected chi connectivity index (χ2v) is 5.95. The molecule has 0 aliphatic carbocycles. The van der Waals surface area contributed by atoms with E-state index >= 15 is 0 Å². The fraction of sp³-hybridized carbons (Fsp3) is 0.143. The van der Waals surface area contributed by atoms with Gasteiger partial charge in [0.1, 0.15) is 5.82 Å². The van der Waals surface area contributed by atoms with Crippen LogP contribution in [0.3, 0.4) is 0 Å². The molecule has 0 heterocycles. The highest BCUT2D eigenvalue weighted by molar-refractivity contribution is 9.11. The van der Waals surface area contributed by atoms with Gasteiger partial charge in [0.2, 0.25) is 0 Å². The van der Waals surface area contributed by atoms with Gasteiger partial charge in [-0.05, 0) is 41.8 Å². The van der Waals surface area contributed by atoms with Gasteiger partial charge in [-0.15, -0.1) is 0 Å². The number of hydrazine groups is 1. The average Bonchev–Trinajstić information content (AvgIpc) is 2.41. The number of nitrogens with one attached hydrogen (secondary N) is 1. The van der Waals surface area contributed by atoms with Crippen LogP contribution in [-0.2, 0) is 6.42 Å². The van der Waals surface area contributed by atoms with Crippen LogP contribution in [0, 0.1) is 5.82 Å². The molecule has 1 atom stereocenters. The van der Waals surface area contributed by atoms with Crippen LogP contribution in [-0.4, -0.2) is 0 Å². The molecule has 19 heavy (non-hydrogen) atoms. The summed E-state index contributed by atoms with van der Waals surface area (Å²) < 4.78 is 15.6. The Kier molecular flexibility index (Phi) is 5.10. The molecule has 0 bridgehead atoms. The first kappa shape index (κ1) is 14.7. The summed E-state index contributed by atoms with van der Waals surface area (Å²) in [5, 5.41) is 0. The van der Waals surface area contributed by atoms with Crippen molar-refractivity contribution in [2.75, 3.05) is 0 Å². The lowest BCUT2D eigenvalue weighted by Gasteiger charge is -2.18. The number of hydrogen-bond donors (Lipinski definition) is 2. The molecule has 0 spiro atoms. The maximum atomic E-state index is 13.7. The van der Waals surface area contributed by atoms with Crippen LogP contribution in [0.15, 0.2) is 51.4 Å². The van der Waals surface area contributed by atoms with Gasteiger partial charge in [-0.2, -0.15) is 0 Å². The molecule has 100 valence electrons. The quantitative estimate of drug-likeness (QED) is 0.612. The summed E-state index contributed by atoms with van der Waals surface area (Å²) in [5.41, 5.74) is 4.37. The fourth-order valence-electron chi connectivity index (χ4n) is 1.92. The molecule has 2 nitrogen and oxygen atoms in total. The van der Waals surface area contributed by atoms with Gasteiger partial charge in [0.05, 0.1) is 6.04 Å². The molecule has 2 aromatic carbocycles. The second kappa shape index (κ2) is 6.61. The summed E-state index contributed by atoms with van der Waals surface area (Å²) in [6.07, 6.45) is 0.484.